The number of aromatic nitrogens is 1. The molecule has 72 valence electrons. The number of esters is 1. The van der Waals surface area contributed by atoms with Crippen LogP contribution < -0.4 is 4.74 Å². The van der Waals surface area contributed by atoms with Gasteiger partial charge in [0.25, 0.3) is 0 Å². The van der Waals surface area contributed by atoms with Gasteiger partial charge in [0.1, 0.15) is 0 Å². The van der Waals surface area contributed by atoms with Crippen molar-refractivity contribution in [3.8, 4) is 5.75 Å². The van der Waals surface area contributed by atoms with Gasteiger partial charge in [0.15, 0.2) is 5.75 Å². The Hall–Kier alpha value is -1.29. The second kappa shape index (κ2) is 3.46. The highest BCUT2D eigenvalue weighted by atomic mass is 79.9. The van der Waals surface area contributed by atoms with Crippen LogP contribution in [0, 0.1) is 0 Å². The van der Waals surface area contributed by atoms with E-state index in [9.17, 15) is 4.79 Å². The smallest absolute Gasteiger partial charge is 0.308 e. The fraction of sp³-hybridized carbons (Fsp3) is 0.100. The summed E-state index contributed by atoms with van der Waals surface area (Å²) in [7, 11) is 0. The quantitative estimate of drug-likeness (QED) is 0.795. The van der Waals surface area contributed by atoms with Gasteiger partial charge in [0.05, 0.1) is 0 Å². The first-order chi connectivity index (χ1) is 6.66. The van der Waals surface area contributed by atoms with Crippen molar-refractivity contribution in [1.29, 1.82) is 0 Å². The van der Waals surface area contributed by atoms with Gasteiger partial charge < -0.3 is 9.72 Å². The van der Waals surface area contributed by atoms with Gasteiger partial charge in [-0.25, -0.2) is 0 Å². The predicted octanol–water partition coefficient (Wildman–Crippen LogP) is 2.86. The Kier molecular flexibility index (Phi) is 2.29. The van der Waals surface area contributed by atoms with Gasteiger partial charge >= 0.3 is 5.97 Å². The van der Waals surface area contributed by atoms with Crippen LogP contribution in [-0.4, -0.2) is 11.0 Å². The monoisotopic (exact) mass is 253 g/mol. The van der Waals surface area contributed by atoms with Gasteiger partial charge in [0.2, 0.25) is 0 Å². The third-order valence-corrected chi connectivity index (χ3v) is 2.35. The van der Waals surface area contributed by atoms with Crippen LogP contribution in [-0.2, 0) is 4.79 Å². The number of halogens is 1. The summed E-state index contributed by atoms with van der Waals surface area (Å²) in [4.78, 5) is 13.8. The maximum Gasteiger partial charge on any atom is 0.308 e. The van der Waals surface area contributed by atoms with Crippen LogP contribution in [0.3, 0.4) is 0 Å². The molecule has 0 saturated carbocycles. The van der Waals surface area contributed by atoms with Crippen molar-refractivity contribution in [2.75, 3.05) is 0 Å². The number of hydrogen-bond acceptors (Lipinski definition) is 2. The number of hydrogen-bond donors (Lipinski definition) is 1. The lowest BCUT2D eigenvalue weighted by Crippen LogP contribution is -2.00. The molecule has 1 N–H and O–H groups in total. The molecule has 1 aromatic heterocycles. The summed E-state index contributed by atoms with van der Waals surface area (Å²) in [6.45, 7) is 1.39. The highest BCUT2D eigenvalue weighted by Gasteiger charge is 2.06. The molecule has 0 bridgehead atoms. The molecule has 4 heteroatoms. The zero-order valence-corrected chi connectivity index (χ0v) is 9.09. The molecule has 2 aromatic rings. The van der Waals surface area contributed by atoms with E-state index < -0.39 is 0 Å². The van der Waals surface area contributed by atoms with Crippen LogP contribution >= 0.6 is 15.9 Å². The summed E-state index contributed by atoms with van der Waals surface area (Å²) < 4.78 is 5.99. The van der Waals surface area contributed by atoms with Gasteiger partial charge in [-0.2, -0.15) is 0 Å². The first-order valence-corrected chi connectivity index (χ1v) is 4.91. The highest BCUT2D eigenvalue weighted by molar-refractivity contribution is 9.10. The summed E-state index contributed by atoms with van der Waals surface area (Å²) in [5.74, 6) is 0.250. The maximum absolute atomic E-state index is 10.8. The fourth-order valence-corrected chi connectivity index (χ4v) is 1.67. The fourth-order valence-electron chi connectivity index (χ4n) is 1.31. The van der Waals surface area contributed by atoms with Crippen molar-refractivity contribution in [3.05, 3.63) is 28.9 Å². The van der Waals surface area contributed by atoms with Crippen LogP contribution in [0.25, 0.3) is 10.9 Å². The molecule has 0 radical (unpaired) electrons. The summed E-state index contributed by atoms with van der Waals surface area (Å²) in [6.07, 6.45) is 1.68. The Morgan fingerprint density at radius 3 is 3.00 bits per heavy atom. The number of H-pyrrole nitrogens is 1. The molecule has 14 heavy (non-hydrogen) atoms. The number of ether oxygens (including phenoxy) is 1. The van der Waals surface area contributed by atoms with Crippen LogP contribution in [0.5, 0.6) is 5.75 Å². The summed E-state index contributed by atoms with van der Waals surface area (Å²) in [5.41, 5.74) is 0.949. The molecule has 0 unspecified atom stereocenters. The van der Waals surface area contributed by atoms with Crippen LogP contribution in [0.2, 0.25) is 0 Å². The van der Waals surface area contributed by atoms with Gasteiger partial charge in [0, 0.05) is 28.5 Å². The number of carbonyl (C=O) groups is 1. The summed E-state index contributed by atoms with van der Waals surface area (Å²) in [6, 6.07) is 5.76. The maximum atomic E-state index is 10.8. The molecule has 0 aliphatic heterocycles. The van der Waals surface area contributed by atoms with E-state index in [-0.39, 0.29) is 5.97 Å². The highest BCUT2D eigenvalue weighted by Crippen LogP contribution is 2.28. The van der Waals surface area contributed by atoms with E-state index in [1.807, 2.05) is 18.2 Å². The molecule has 0 spiro atoms. The Balaban J connectivity index is 2.55. The van der Waals surface area contributed by atoms with Crippen LogP contribution in [0.1, 0.15) is 6.92 Å². The largest absolute Gasteiger partial charge is 0.424 e. The molecule has 1 aromatic carbocycles. The Bertz CT molecular complexity index is 490. The molecule has 0 fully saturated rings. The molecule has 1 heterocycles. The van der Waals surface area contributed by atoms with Crippen molar-refractivity contribution in [3.63, 3.8) is 0 Å². The van der Waals surface area contributed by atoms with E-state index in [1.165, 1.54) is 6.92 Å². The Labute approximate surface area is 89.2 Å². The second-order valence-electron chi connectivity index (χ2n) is 2.94. The van der Waals surface area contributed by atoms with Crippen molar-refractivity contribution in [2.45, 2.75) is 6.92 Å². The number of nitrogens with one attached hydrogen (secondary N) is 1. The molecule has 0 atom stereocenters. The number of rotatable bonds is 1. The Morgan fingerprint density at radius 2 is 2.29 bits per heavy atom. The van der Waals surface area contributed by atoms with Crippen LogP contribution in [0.15, 0.2) is 28.9 Å². The number of aromatic amines is 1. The average molecular weight is 254 g/mol. The van der Waals surface area contributed by atoms with E-state index in [4.69, 9.17) is 4.74 Å². The van der Waals surface area contributed by atoms with E-state index in [0.717, 1.165) is 15.4 Å². The number of fused-ring (bicyclic) bond motifs is 1. The van der Waals surface area contributed by atoms with E-state index >= 15 is 0 Å². The van der Waals surface area contributed by atoms with E-state index in [2.05, 4.69) is 20.9 Å². The normalized spacial score (nSPS) is 10.4. The standard InChI is InChI=1S/C10H8BrNO2/c1-6(13)14-10-5-12-9-3-2-7(11)4-8(9)10/h2-5,12H,1H3. The third kappa shape index (κ3) is 1.65. The molecule has 0 aliphatic carbocycles. The van der Waals surface area contributed by atoms with Gasteiger partial charge in [-0.15, -0.1) is 0 Å². The van der Waals surface area contributed by atoms with Crippen molar-refractivity contribution >= 4 is 32.8 Å². The topological polar surface area (TPSA) is 42.1 Å². The Morgan fingerprint density at radius 1 is 1.50 bits per heavy atom. The lowest BCUT2D eigenvalue weighted by molar-refractivity contribution is -0.131. The minimum atomic E-state index is -0.314. The minimum absolute atomic E-state index is 0.314. The molecular formula is C10H8BrNO2. The van der Waals surface area contributed by atoms with Crippen LogP contribution in [0.4, 0.5) is 0 Å². The molecule has 0 aliphatic rings. The second-order valence-corrected chi connectivity index (χ2v) is 3.85. The molecular weight excluding hydrogens is 246 g/mol. The SMILES string of the molecule is CC(=O)Oc1c[nH]c2ccc(Br)cc12. The predicted molar refractivity (Wildman–Crippen MR) is 57.3 cm³/mol. The average Bonchev–Trinajstić information content (AvgIpc) is 2.47. The molecule has 3 nitrogen and oxygen atoms in total. The number of benzene rings is 1. The van der Waals surface area contributed by atoms with Crippen molar-refractivity contribution in [2.24, 2.45) is 0 Å². The van der Waals surface area contributed by atoms with E-state index in [1.54, 1.807) is 6.20 Å². The molecule has 2 rings (SSSR count). The minimum Gasteiger partial charge on any atom is -0.424 e. The van der Waals surface area contributed by atoms with Gasteiger partial charge in [-0.1, -0.05) is 15.9 Å². The third-order valence-electron chi connectivity index (χ3n) is 1.86. The number of carbonyl (C=O) groups excluding carboxylic acids is 1. The zero-order chi connectivity index (χ0) is 10.1. The van der Waals surface area contributed by atoms with Crippen molar-refractivity contribution in [1.82, 2.24) is 4.98 Å². The lowest BCUT2D eigenvalue weighted by atomic mass is 10.2. The first-order valence-electron chi connectivity index (χ1n) is 4.12. The molecule has 0 amide bonds. The van der Waals surface area contributed by atoms with E-state index in [0.29, 0.717) is 5.75 Å². The summed E-state index contributed by atoms with van der Waals surface area (Å²) >= 11 is 3.36. The van der Waals surface area contributed by atoms with Gasteiger partial charge in [-0.3, -0.25) is 4.79 Å². The molecule has 0 saturated heterocycles. The lowest BCUT2D eigenvalue weighted by Gasteiger charge is -1.98. The van der Waals surface area contributed by atoms with Gasteiger partial charge in [-0.05, 0) is 18.2 Å². The van der Waals surface area contributed by atoms with Crippen molar-refractivity contribution < 1.29 is 9.53 Å². The summed E-state index contributed by atoms with van der Waals surface area (Å²) in [5, 5.41) is 0.898. The first kappa shape index (κ1) is 9.27. The zero-order valence-electron chi connectivity index (χ0n) is 7.50.